The number of carboxylic acids is 1. The Morgan fingerprint density at radius 2 is 2.05 bits per heavy atom. The zero-order chi connectivity index (χ0) is 14.3. The predicted molar refractivity (Wildman–Crippen MR) is 72.0 cm³/mol. The summed E-state index contributed by atoms with van der Waals surface area (Å²) in [6.45, 7) is 10.5. The van der Waals surface area contributed by atoms with Crippen molar-refractivity contribution in [1.82, 2.24) is 14.8 Å². The van der Waals surface area contributed by atoms with E-state index in [-0.39, 0.29) is 5.75 Å². The lowest BCUT2D eigenvalue weighted by Crippen LogP contribution is -3.11. The second-order valence-electron chi connectivity index (χ2n) is 4.40. The highest BCUT2D eigenvalue weighted by molar-refractivity contribution is 7.99. The van der Waals surface area contributed by atoms with E-state index in [1.54, 1.807) is 4.90 Å². The summed E-state index contributed by atoms with van der Waals surface area (Å²) in [4.78, 5) is 12.0. The lowest BCUT2D eigenvalue weighted by molar-refractivity contribution is -0.896. The van der Waals surface area contributed by atoms with Crippen molar-refractivity contribution in [3.8, 4) is 0 Å². The number of hydrogen-bond donors (Lipinski definition) is 1. The van der Waals surface area contributed by atoms with Crippen molar-refractivity contribution in [2.24, 2.45) is 0 Å². The summed E-state index contributed by atoms with van der Waals surface area (Å²) in [6.07, 6.45) is 1.04. The molecule has 1 aromatic rings. The van der Waals surface area contributed by atoms with E-state index in [9.17, 15) is 9.90 Å². The normalized spacial score (nSPS) is 11.2. The van der Waals surface area contributed by atoms with Crippen LogP contribution in [0, 0.1) is 6.92 Å². The number of carbonyl (C=O) groups excluding carboxylic acids is 1. The van der Waals surface area contributed by atoms with E-state index in [2.05, 4.69) is 24.0 Å². The lowest BCUT2D eigenvalue weighted by atomic mass is 10.3. The molecule has 0 saturated heterocycles. The molecule has 0 aliphatic heterocycles. The molecule has 1 aromatic heterocycles. The molecule has 0 aliphatic carbocycles. The molecule has 0 amide bonds. The number of aromatic nitrogens is 3. The SMILES string of the molecule is CC[NH+](CC)CCCn1c(C)nnc1SCC(=O)[O-]. The average molecular weight is 286 g/mol. The van der Waals surface area contributed by atoms with Gasteiger partial charge in [0.15, 0.2) is 5.16 Å². The Labute approximate surface area is 118 Å². The molecular weight excluding hydrogens is 264 g/mol. The molecule has 108 valence electrons. The first-order valence-corrected chi connectivity index (χ1v) is 7.63. The number of carboxylic acid groups (broad SMARTS) is 1. The van der Waals surface area contributed by atoms with Gasteiger partial charge in [-0.3, -0.25) is 0 Å². The van der Waals surface area contributed by atoms with Gasteiger partial charge in [-0.05, 0) is 20.8 Å². The molecule has 0 unspecified atom stereocenters. The molecule has 0 saturated carbocycles. The number of nitrogens with zero attached hydrogens (tertiary/aromatic N) is 3. The van der Waals surface area contributed by atoms with Gasteiger partial charge in [0.1, 0.15) is 5.82 Å². The summed E-state index contributed by atoms with van der Waals surface area (Å²) < 4.78 is 1.98. The van der Waals surface area contributed by atoms with E-state index in [1.165, 1.54) is 11.8 Å². The number of rotatable bonds is 9. The summed E-state index contributed by atoms with van der Waals surface area (Å²) in [5, 5.41) is 19.2. The number of aryl methyl sites for hydroxylation is 1. The van der Waals surface area contributed by atoms with Crippen LogP contribution in [0.15, 0.2) is 5.16 Å². The lowest BCUT2D eigenvalue weighted by Gasteiger charge is -2.15. The molecule has 19 heavy (non-hydrogen) atoms. The number of quaternary nitrogens is 1. The number of thioether (sulfide) groups is 1. The zero-order valence-corrected chi connectivity index (χ0v) is 12.6. The Hall–Kier alpha value is -1.08. The van der Waals surface area contributed by atoms with E-state index < -0.39 is 5.97 Å². The van der Waals surface area contributed by atoms with Crippen molar-refractivity contribution in [2.75, 3.05) is 25.4 Å². The topological polar surface area (TPSA) is 75.3 Å². The number of aliphatic carboxylic acids is 1. The van der Waals surface area contributed by atoms with Crippen LogP contribution in [0.5, 0.6) is 0 Å². The number of carbonyl (C=O) groups is 1. The fraction of sp³-hybridized carbons (Fsp3) is 0.750. The Kier molecular flexibility index (Phi) is 6.86. The summed E-state index contributed by atoms with van der Waals surface area (Å²) in [5.74, 6) is -0.334. The third-order valence-corrected chi connectivity index (χ3v) is 4.07. The van der Waals surface area contributed by atoms with Crippen molar-refractivity contribution in [3.63, 3.8) is 0 Å². The van der Waals surface area contributed by atoms with E-state index in [1.807, 2.05) is 11.5 Å². The van der Waals surface area contributed by atoms with Crippen LogP contribution in [0.2, 0.25) is 0 Å². The van der Waals surface area contributed by atoms with Gasteiger partial charge in [-0.15, -0.1) is 10.2 Å². The largest absolute Gasteiger partial charge is 0.549 e. The van der Waals surface area contributed by atoms with Gasteiger partial charge in [-0.1, -0.05) is 11.8 Å². The third kappa shape index (κ3) is 5.20. The molecule has 1 N–H and O–H groups in total. The summed E-state index contributed by atoms with van der Waals surface area (Å²) in [5.41, 5.74) is 0. The van der Waals surface area contributed by atoms with Crippen molar-refractivity contribution in [1.29, 1.82) is 0 Å². The van der Waals surface area contributed by atoms with Gasteiger partial charge < -0.3 is 19.4 Å². The smallest absolute Gasteiger partial charge is 0.191 e. The van der Waals surface area contributed by atoms with Gasteiger partial charge in [0, 0.05) is 18.7 Å². The molecule has 0 atom stereocenters. The molecule has 0 spiro atoms. The van der Waals surface area contributed by atoms with Gasteiger partial charge >= 0.3 is 0 Å². The average Bonchev–Trinajstić information content (AvgIpc) is 2.73. The van der Waals surface area contributed by atoms with Gasteiger partial charge in [-0.25, -0.2) is 0 Å². The molecule has 6 nitrogen and oxygen atoms in total. The molecule has 0 aromatic carbocycles. The van der Waals surface area contributed by atoms with Crippen LogP contribution in [0.25, 0.3) is 0 Å². The molecule has 1 rings (SSSR count). The standard InChI is InChI=1S/C12H22N4O2S/c1-4-15(5-2)7-6-8-16-10(3)13-14-12(16)19-9-11(17)18/h4-9H2,1-3H3,(H,17,18). The Bertz CT molecular complexity index is 404. The second-order valence-corrected chi connectivity index (χ2v) is 5.35. The molecule has 0 bridgehead atoms. The monoisotopic (exact) mass is 286 g/mol. The van der Waals surface area contributed by atoms with Crippen LogP contribution >= 0.6 is 11.8 Å². The van der Waals surface area contributed by atoms with E-state index in [4.69, 9.17) is 0 Å². The first kappa shape index (κ1) is 16.0. The van der Waals surface area contributed by atoms with E-state index in [0.717, 1.165) is 38.4 Å². The number of nitrogens with one attached hydrogen (secondary N) is 1. The maximum atomic E-state index is 10.5. The molecular formula is C12H22N4O2S. The molecule has 1 heterocycles. The highest BCUT2D eigenvalue weighted by Gasteiger charge is 2.10. The predicted octanol–water partition coefficient (Wildman–Crippen LogP) is -1.26. The minimum Gasteiger partial charge on any atom is -0.549 e. The molecule has 7 heteroatoms. The van der Waals surface area contributed by atoms with Crippen LogP contribution in [0.1, 0.15) is 26.1 Å². The fourth-order valence-corrected chi connectivity index (χ4v) is 2.66. The van der Waals surface area contributed by atoms with E-state index >= 15 is 0 Å². The first-order valence-electron chi connectivity index (χ1n) is 6.64. The quantitative estimate of drug-likeness (QED) is 0.574. The van der Waals surface area contributed by atoms with Crippen molar-refractivity contribution < 1.29 is 14.8 Å². The zero-order valence-electron chi connectivity index (χ0n) is 11.8. The molecule has 0 aliphatic rings. The summed E-state index contributed by atoms with van der Waals surface area (Å²) in [7, 11) is 0. The molecule has 0 fully saturated rings. The minimum absolute atomic E-state index is 0.0839. The van der Waals surface area contributed by atoms with Crippen LogP contribution in [0.3, 0.4) is 0 Å². The van der Waals surface area contributed by atoms with Gasteiger partial charge in [0.2, 0.25) is 0 Å². The highest BCUT2D eigenvalue weighted by atomic mass is 32.2. The van der Waals surface area contributed by atoms with Crippen LogP contribution in [0.4, 0.5) is 0 Å². The second kappa shape index (κ2) is 8.16. The number of hydrogen-bond acceptors (Lipinski definition) is 5. The van der Waals surface area contributed by atoms with Gasteiger partial charge in [0.25, 0.3) is 0 Å². The Morgan fingerprint density at radius 3 is 2.63 bits per heavy atom. The first-order chi connectivity index (χ1) is 9.08. The third-order valence-electron chi connectivity index (χ3n) is 3.13. The Morgan fingerprint density at radius 1 is 1.37 bits per heavy atom. The van der Waals surface area contributed by atoms with Gasteiger partial charge in [-0.2, -0.15) is 0 Å². The minimum atomic E-state index is -1.08. The summed E-state index contributed by atoms with van der Waals surface area (Å²) in [6, 6.07) is 0. The maximum absolute atomic E-state index is 10.5. The van der Waals surface area contributed by atoms with Crippen LogP contribution in [-0.4, -0.2) is 46.1 Å². The summed E-state index contributed by atoms with van der Waals surface area (Å²) >= 11 is 1.17. The highest BCUT2D eigenvalue weighted by Crippen LogP contribution is 2.16. The van der Waals surface area contributed by atoms with Crippen molar-refractivity contribution in [3.05, 3.63) is 5.82 Å². The Balaban J connectivity index is 2.52. The van der Waals surface area contributed by atoms with Crippen LogP contribution < -0.4 is 10.0 Å². The van der Waals surface area contributed by atoms with E-state index in [0.29, 0.717) is 5.16 Å². The van der Waals surface area contributed by atoms with Crippen molar-refractivity contribution >= 4 is 17.7 Å². The maximum Gasteiger partial charge on any atom is 0.191 e. The van der Waals surface area contributed by atoms with Crippen LogP contribution in [-0.2, 0) is 11.3 Å². The van der Waals surface area contributed by atoms with Crippen molar-refractivity contribution in [2.45, 2.75) is 38.9 Å². The molecule has 0 radical (unpaired) electrons. The fourth-order valence-electron chi connectivity index (χ4n) is 1.94. The van der Waals surface area contributed by atoms with Gasteiger partial charge in [0.05, 0.1) is 25.6 Å².